The van der Waals surface area contributed by atoms with Crippen molar-refractivity contribution in [3.8, 4) is 11.5 Å². The van der Waals surface area contributed by atoms with E-state index in [1.165, 1.54) is 7.11 Å². The van der Waals surface area contributed by atoms with Gasteiger partial charge < -0.3 is 33.9 Å². The van der Waals surface area contributed by atoms with Crippen LogP contribution in [-0.2, 0) is 23.8 Å². The van der Waals surface area contributed by atoms with Crippen molar-refractivity contribution in [2.75, 3.05) is 34.1 Å². The Labute approximate surface area is 222 Å². The Morgan fingerprint density at radius 2 is 1.89 bits per heavy atom. The van der Waals surface area contributed by atoms with E-state index in [1.807, 2.05) is 26.0 Å². The average Bonchev–Trinajstić information content (AvgIpc) is 3.58. The molecule has 1 aliphatic carbocycles. The van der Waals surface area contributed by atoms with Gasteiger partial charge in [0.05, 0.1) is 31.8 Å². The molecule has 0 radical (unpaired) electrons. The normalized spacial score (nSPS) is 29.0. The summed E-state index contributed by atoms with van der Waals surface area (Å²) in [6, 6.07) is 3.64. The summed E-state index contributed by atoms with van der Waals surface area (Å²) < 4.78 is 27.8. The Hall–Kier alpha value is -2.82. The van der Waals surface area contributed by atoms with Crippen molar-refractivity contribution in [3.05, 3.63) is 35.1 Å². The summed E-state index contributed by atoms with van der Waals surface area (Å²) in [6.45, 7) is 5.28. The average molecular weight is 532 g/mol. The minimum atomic E-state index is -2.45. The van der Waals surface area contributed by atoms with Gasteiger partial charge in [0.2, 0.25) is 6.79 Å². The van der Waals surface area contributed by atoms with E-state index in [-0.39, 0.29) is 13.2 Å². The van der Waals surface area contributed by atoms with Gasteiger partial charge in [-0.1, -0.05) is 20.3 Å². The third-order valence-corrected chi connectivity index (χ3v) is 8.42. The van der Waals surface area contributed by atoms with Crippen molar-refractivity contribution in [1.82, 2.24) is 4.90 Å². The summed E-state index contributed by atoms with van der Waals surface area (Å²) in [5, 5.41) is 22.5. The molecule has 1 aromatic rings. The number of rotatable bonds is 8. The molecule has 10 nitrogen and oxygen atoms in total. The second-order valence-corrected chi connectivity index (χ2v) is 11.1. The van der Waals surface area contributed by atoms with Gasteiger partial charge in [0.1, 0.15) is 5.76 Å². The number of hydrogen-bond donors (Lipinski definition) is 2. The molecule has 0 bridgehead atoms. The van der Waals surface area contributed by atoms with Crippen molar-refractivity contribution < 1.29 is 43.5 Å². The van der Waals surface area contributed by atoms with Crippen molar-refractivity contribution in [2.45, 2.75) is 75.2 Å². The topological polar surface area (TPSA) is 124 Å². The zero-order valence-electron chi connectivity index (χ0n) is 22.4. The largest absolute Gasteiger partial charge is 0.497 e. The molecular weight excluding hydrogens is 494 g/mol. The van der Waals surface area contributed by atoms with Crippen LogP contribution in [0.15, 0.2) is 24.0 Å². The fraction of sp³-hybridized carbons (Fsp3) is 0.643. The number of hydrogen-bond acceptors (Lipinski definition) is 10. The lowest BCUT2D eigenvalue weighted by Gasteiger charge is -2.39. The molecule has 1 fully saturated rings. The number of fused-ring (bicyclic) bond motifs is 3. The molecule has 0 saturated carbocycles. The summed E-state index contributed by atoms with van der Waals surface area (Å²) in [6.07, 6.45) is 2.93. The number of benzene rings is 1. The van der Waals surface area contributed by atoms with E-state index in [1.54, 1.807) is 6.07 Å². The number of β-amino-alcohol motifs (C(OH)–C–C–N with tert-alkyl or cyclic N) is 1. The van der Waals surface area contributed by atoms with Gasteiger partial charge in [-0.25, -0.2) is 9.59 Å². The summed E-state index contributed by atoms with van der Waals surface area (Å²) in [5.41, 5.74) is -1.61. The number of ether oxygens (including phenoxy) is 5. The Balaban J connectivity index is 1.55. The van der Waals surface area contributed by atoms with Gasteiger partial charge >= 0.3 is 11.9 Å². The lowest BCUT2D eigenvalue weighted by atomic mass is 9.77. The van der Waals surface area contributed by atoms with Crippen LogP contribution in [0.5, 0.6) is 11.5 Å². The highest BCUT2D eigenvalue weighted by atomic mass is 16.7. The third-order valence-electron chi connectivity index (χ3n) is 8.42. The number of esters is 2. The van der Waals surface area contributed by atoms with Crippen LogP contribution in [0.3, 0.4) is 0 Å². The fourth-order valence-corrected chi connectivity index (χ4v) is 6.55. The smallest absolute Gasteiger partial charge is 0.350 e. The van der Waals surface area contributed by atoms with Crippen LogP contribution in [0.4, 0.5) is 0 Å². The first-order valence-electron chi connectivity index (χ1n) is 13.3. The van der Waals surface area contributed by atoms with Crippen LogP contribution >= 0.6 is 0 Å². The van der Waals surface area contributed by atoms with Crippen molar-refractivity contribution in [1.29, 1.82) is 0 Å². The zero-order chi connectivity index (χ0) is 27.2. The molecule has 4 aliphatic rings. The van der Waals surface area contributed by atoms with Crippen LogP contribution in [0, 0.1) is 5.92 Å². The molecule has 0 unspecified atom stereocenters. The van der Waals surface area contributed by atoms with E-state index < -0.39 is 41.2 Å². The van der Waals surface area contributed by atoms with Gasteiger partial charge in [-0.15, -0.1) is 0 Å². The molecule has 3 aliphatic heterocycles. The molecule has 208 valence electrons. The van der Waals surface area contributed by atoms with Crippen LogP contribution in [0.25, 0.3) is 0 Å². The summed E-state index contributed by atoms with van der Waals surface area (Å²) in [5.74, 6) is -0.725. The van der Waals surface area contributed by atoms with E-state index in [2.05, 4.69) is 4.90 Å². The highest BCUT2D eigenvalue weighted by Crippen LogP contribution is 2.57. The van der Waals surface area contributed by atoms with Crippen LogP contribution in [0.2, 0.25) is 0 Å². The zero-order valence-corrected chi connectivity index (χ0v) is 22.4. The molecule has 1 saturated heterocycles. The quantitative estimate of drug-likeness (QED) is 0.382. The highest BCUT2D eigenvalue weighted by molar-refractivity contribution is 6.03. The standard InChI is InChI=1S/C28H37NO9/c1-16(2)7-5-9-28(33,25(31)35-4)26(32)38-24-22(34-3)13-27-8-6-10-29(27)14-19(30)17-11-20-21(37-15-36-20)12-18(17)23(24)27/h11-13,16,19,23-24,30,33H,5-10,14-15H2,1-4H3/t19-,23-,24-,27+,28-/m1/s1. The van der Waals surface area contributed by atoms with E-state index >= 15 is 0 Å². The second kappa shape index (κ2) is 10.1. The number of nitrogens with zero attached hydrogens (tertiary/aromatic N) is 1. The molecule has 2 N–H and O–H groups in total. The maximum atomic E-state index is 13.6. The predicted molar refractivity (Wildman–Crippen MR) is 134 cm³/mol. The minimum absolute atomic E-state index is 0.0821. The minimum Gasteiger partial charge on any atom is -0.497 e. The van der Waals surface area contributed by atoms with Crippen molar-refractivity contribution in [2.24, 2.45) is 5.92 Å². The SMILES string of the molecule is COC(=O)[C@](O)(CCCC(C)C)C(=O)O[C@@H]1C(OC)=C[C@]23CCCN2C[C@@H](O)c2cc4c(cc2[C@H]13)OCO4. The number of aliphatic hydroxyl groups is 2. The van der Waals surface area contributed by atoms with E-state index in [0.717, 1.165) is 38.5 Å². The highest BCUT2D eigenvalue weighted by Gasteiger charge is 2.60. The van der Waals surface area contributed by atoms with Gasteiger partial charge in [0.25, 0.3) is 5.60 Å². The van der Waals surface area contributed by atoms with E-state index in [4.69, 9.17) is 23.7 Å². The molecule has 10 heteroatoms. The predicted octanol–water partition coefficient (Wildman–Crippen LogP) is 2.57. The number of carbonyl (C=O) groups is 2. The lowest BCUT2D eigenvalue weighted by molar-refractivity contribution is -0.187. The van der Waals surface area contributed by atoms with Crippen molar-refractivity contribution >= 4 is 11.9 Å². The first kappa shape index (κ1) is 26.8. The number of methoxy groups -OCH3 is 2. The van der Waals surface area contributed by atoms with Gasteiger partial charge in [-0.3, -0.25) is 4.90 Å². The molecule has 38 heavy (non-hydrogen) atoms. The van der Waals surface area contributed by atoms with Crippen LogP contribution in [0.1, 0.15) is 69.1 Å². The van der Waals surface area contributed by atoms with Gasteiger partial charge in [0, 0.05) is 6.54 Å². The van der Waals surface area contributed by atoms with Crippen LogP contribution < -0.4 is 9.47 Å². The number of aliphatic hydroxyl groups excluding tert-OH is 1. The Bertz CT molecular complexity index is 1130. The summed E-state index contributed by atoms with van der Waals surface area (Å²) >= 11 is 0. The first-order chi connectivity index (χ1) is 18.1. The summed E-state index contributed by atoms with van der Waals surface area (Å²) in [4.78, 5) is 28.5. The van der Waals surface area contributed by atoms with E-state index in [0.29, 0.717) is 41.7 Å². The van der Waals surface area contributed by atoms with Gasteiger partial charge in [-0.2, -0.15) is 0 Å². The lowest BCUT2D eigenvalue weighted by Crippen LogP contribution is -2.52. The van der Waals surface area contributed by atoms with Gasteiger partial charge in [0.15, 0.2) is 17.6 Å². The Morgan fingerprint density at radius 3 is 2.55 bits per heavy atom. The third kappa shape index (κ3) is 4.23. The monoisotopic (exact) mass is 531 g/mol. The molecular formula is C28H37NO9. The van der Waals surface area contributed by atoms with Crippen molar-refractivity contribution in [3.63, 3.8) is 0 Å². The molecule has 0 aromatic heterocycles. The second-order valence-electron chi connectivity index (χ2n) is 11.1. The van der Waals surface area contributed by atoms with Crippen LogP contribution in [-0.4, -0.2) is 78.4 Å². The Morgan fingerprint density at radius 1 is 1.18 bits per heavy atom. The molecule has 3 heterocycles. The van der Waals surface area contributed by atoms with Gasteiger partial charge in [-0.05, 0) is 67.5 Å². The molecule has 5 rings (SSSR count). The molecule has 5 atom stereocenters. The number of carbonyl (C=O) groups excluding carboxylic acids is 2. The Kier molecular flexibility index (Phi) is 7.08. The van der Waals surface area contributed by atoms with E-state index in [9.17, 15) is 19.8 Å². The first-order valence-corrected chi connectivity index (χ1v) is 13.3. The fourth-order valence-electron chi connectivity index (χ4n) is 6.55. The molecule has 0 amide bonds. The molecule has 1 spiro atoms. The maximum Gasteiger partial charge on any atom is 0.350 e. The molecule has 1 aromatic carbocycles. The maximum absolute atomic E-state index is 13.6. The summed E-state index contributed by atoms with van der Waals surface area (Å²) in [7, 11) is 2.65.